The average Bonchev–Trinajstić information content (AvgIpc) is 2.26. The normalized spacial score (nSPS) is 12.1. The molecule has 0 spiro atoms. The summed E-state index contributed by atoms with van der Waals surface area (Å²) in [5, 5.41) is 2.79. The van der Waals surface area contributed by atoms with Crippen LogP contribution in [0.5, 0.6) is 0 Å². The van der Waals surface area contributed by atoms with Gasteiger partial charge in [0.2, 0.25) is 0 Å². The first kappa shape index (κ1) is 10.7. The van der Waals surface area contributed by atoms with Crippen molar-refractivity contribution in [1.29, 1.82) is 0 Å². The number of nitrogens with one attached hydrogen (secondary N) is 1. The Morgan fingerprint density at radius 2 is 2.07 bits per heavy atom. The number of hydrogen-bond donors (Lipinski definition) is 2. The summed E-state index contributed by atoms with van der Waals surface area (Å²) in [6.45, 7) is 2.53. The van der Waals surface area contributed by atoms with E-state index in [9.17, 15) is 4.79 Å². The van der Waals surface area contributed by atoms with Gasteiger partial charge in [-0.25, -0.2) is 0 Å². The molecule has 1 amide bonds. The van der Waals surface area contributed by atoms with Gasteiger partial charge in [0.25, 0.3) is 5.91 Å². The zero-order valence-corrected chi connectivity index (χ0v) is 8.36. The number of amides is 1. The minimum atomic E-state index is -0.0606. The van der Waals surface area contributed by atoms with Gasteiger partial charge in [0.1, 0.15) is 0 Å². The van der Waals surface area contributed by atoms with Crippen LogP contribution in [0.2, 0.25) is 0 Å². The second-order valence-electron chi connectivity index (χ2n) is 3.24. The maximum Gasteiger partial charge on any atom is 0.251 e. The van der Waals surface area contributed by atoms with Crippen molar-refractivity contribution >= 4 is 5.91 Å². The molecule has 1 aromatic carbocycles. The lowest BCUT2D eigenvalue weighted by Gasteiger charge is -2.09. The molecule has 0 heterocycles. The smallest absolute Gasteiger partial charge is 0.251 e. The van der Waals surface area contributed by atoms with Gasteiger partial charge in [-0.1, -0.05) is 25.1 Å². The number of carbonyl (C=O) groups excluding carboxylic acids is 1. The predicted octanol–water partition coefficient (Wildman–Crippen LogP) is 1.15. The van der Waals surface area contributed by atoms with E-state index in [1.165, 1.54) is 0 Å². The Bertz CT molecular complexity index is 285. The molecule has 3 heteroatoms. The van der Waals surface area contributed by atoms with Crippen molar-refractivity contribution in [2.24, 2.45) is 5.73 Å². The summed E-state index contributed by atoms with van der Waals surface area (Å²) in [5.41, 5.74) is 6.36. The van der Waals surface area contributed by atoms with Gasteiger partial charge in [-0.2, -0.15) is 0 Å². The Hall–Kier alpha value is -1.35. The van der Waals surface area contributed by atoms with E-state index in [1.807, 2.05) is 25.1 Å². The van der Waals surface area contributed by atoms with Gasteiger partial charge in [-0.15, -0.1) is 0 Å². The highest BCUT2D eigenvalue weighted by Gasteiger charge is 2.05. The second-order valence-corrected chi connectivity index (χ2v) is 3.24. The van der Waals surface area contributed by atoms with Gasteiger partial charge < -0.3 is 11.1 Å². The zero-order chi connectivity index (χ0) is 10.4. The van der Waals surface area contributed by atoms with Gasteiger partial charge in [-0.3, -0.25) is 4.79 Å². The van der Waals surface area contributed by atoms with Gasteiger partial charge in [0, 0.05) is 18.2 Å². The van der Waals surface area contributed by atoms with Gasteiger partial charge >= 0.3 is 0 Å². The largest absolute Gasteiger partial charge is 0.350 e. The third kappa shape index (κ3) is 3.18. The highest BCUT2D eigenvalue weighted by Crippen LogP contribution is 1.97. The molecule has 3 N–H and O–H groups in total. The fourth-order valence-electron chi connectivity index (χ4n) is 1.06. The van der Waals surface area contributed by atoms with Crippen molar-refractivity contribution in [2.75, 3.05) is 6.54 Å². The van der Waals surface area contributed by atoms with Crippen LogP contribution in [0, 0.1) is 0 Å². The predicted molar refractivity (Wildman–Crippen MR) is 57.0 cm³/mol. The Morgan fingerprint density at radius 1 is 1.43 bits per heavy atom. The van der Waals surface area contributed by atoms with Crippen LogP contribution in [0.25, 0.3) is 0 Å². The van der Waals surface area contributed by atoms with E-state index < -0.39 is 0 Å². The van der Waals surface area contributed by atoms with Crippen LogP contribution < -0.4 is 11.1 Å². The molecule has 1 atom stereocenters. The van der Waals surface area contributed by atoms with E-state index in [1.54, 1.807) is 12.1 Å². The van der Waals surface area contributed by atoms with E-state index >= 15 is 0 Å². The summed E-state index contributed by atoms with van der Waals surface area (Å²) in [4.78, 5) is 11.5. The molecule has 0 saturated carbocycles. The Balaban J connectivity index is 2.44. The number of nitrogens with two attached hydrogens (primary N) is 1. The molecule has 76 valence electrons. The molecule has 0 radical (unpaired) electrons. The molecule has 0 aliphatic carbocycles. The van der Waals surface area contributed by atoms with Crippen LogP contribution in [0.4, 0.5) is 0 Å². The molecule has 0 aliphatic rings. The number of benzene rings is 1. The average molecular weight is 192 g/mol. The Kier molecular flexibility index (Phi) is 4.13. The minimum absolute atomic E-state index is 0.0441. The molecule has 1 aromatic rings. The van der Waals surface area contributed by atoms with E-state index in [0.29, 0.717) is 12.1 Å². The lowest BCUT2D eigenvalue weighted by Crippen LogP contribution is -2.36. The van der Waals surface area contributed by atoms with E-state index in [2.05, 4.69) is 5.32 Å². The van der Waals surface area contributed by atoms with Gasteiger partial charge in [-0.05, 0) is 18.6 Å². The van der Waals surface area contributed by atoms with Crippen molar-refractivity contribution in [3.63, 3.8) is 0 Å². The summed E-state index contributed by atoms with van der Waals surface area (Å²) in [6.07, 6.45) is 0.870. The molecule has 0 aliphatic heterocycles. The van der Waals surface area contributed by atoms with Crippen LogP contribution >= 0.6 is 0 Å². The quantitative estimate of drug-likeness (QED) is 0.752. The molecular weight excluding hydrogens is 176 g/mol. The zero-order valence-electron chi connectivity index (χ0n) is 8.36. The Labute approximate surface area is 84.3 Å². The van der Waals surface area contributed by atoms with E-state index in [-0.39, 0.29) is 11.9 Å². The molecule has 1 unspecified atom stereocenters. The molecule has 0 bridgehead atoms. The monoisotopic (exact) mass is 192 g/mol. The van der Waals surface area contributed by atoms with Crippen LogP contribution in [-0.2, 0) is 0 Å². The summed E-state index contributed by atoms with van der Waals surface area (Å²) in [6, 6.07) is 9.18. The van der Waals surface area contributed by atoms with Crippen LogP contribution in [0.1, 0.15) is 23.7 Å². The Morgan fingerprint density at radius 3 is 2.64 bits per heavy atom. The number of hydrogen-bond acceptors (Lipinski definition) is 2. The summed E-state index contributed by atoms with van der Waals surface area (Å²) < 4.78 is 0. The summed E-state index contributed by atoms with van der Waals surface area (Å²) in [7, 11) is 0. The van der Waals surface area contributed by atoms with Crippen molar-refractivity contribution in [3.05, 3.63) is 35.9 Å². The first-order valence-electron chi connectivity index (χ1n) is 4.83. The minimum Gasteiger partial charge on any atom is -0.350 e. The summed E-state index contributed by atoms with van der Waals surface area (Å²) in [5.74, 6) is -0.0606. The van der Waals surface area contributed by atoms with Crippen molar-refractivity contribution < 1.29 is 4.79 Å². The highest BCUT2D eigenvalue weighted by molar-refractivity contribution is 5.94. The number of carbonyl (C=O) groups is 1. The molecular formula is C11H16N2O. The van der Waals surface area contributed by atoms with Gasteiger partial charge in [0.15, 0.2) is 0 Å². The topological polar surface area (TPSA) is 55.1 Å². The van der Waals surface area contributed by atoms with Crippen molar-refractivity contribution in [2.45, 2.75) is 19.4 Å². The third-order valence-electron chi connectivity index (χ3n) is 2.09. The summed E-state index contributed by atoms with van der Waals surface area (Å²) >= 11 is 0. The fraction of sp³-hybridized carbons (Fsp3) is 0.364. The van der Waals surface area contributed by atoms with Crippen LogP contribution in [0.3, 0.4) is 0 Å². The first-order valence-corrected chi connectivity index (χ1v) is 4.83. The third-order valence-corrected chi connectivity index (χ3v) is 2.09. The lowest BCUT2D eigenvalue weighted by molar-refractivity contribution is 0.0951. The number of rotatable bonds is 4. The molecule has 0 saturated heterocycles. The van der Waals surface area contributed by atoms with Crippen molar-refractivity contribution in [3.8, 4) is 0 Å². The molecule has 0 fully saturated rings. The maximum absolute atomic E-state index is 11.5. The van der Waals surface area contributed by atoms with Crippen LogP contribution in [-0.4, -0.2) is 18.5 Å². The van der Waals surface area contributed by atoms with E-state index in [4.69, 9.17) is 5.73 Å². The SMILES string of the molecule is CCC(N)CNC(=O)c1ccccc1. The maximum atomic E-state index is 11.5. The lowest BCUT2D eigenvalue weighted by atomic mass is 10.2. The first-order chi connectivity index (χ1) is 6.74. The van der Waals surface area contributed by atoms with E-state index in [0.717, 1.165) is 6.42 Å². The van der Waals surface area contributed by atoms with Gasteiger partial charge in [0.05, 0.1) is 0 Å². The fourth-order valence-corrected chi connectivity index (χ4v) is 1.06. The highest BCUT2D eigenvalue weighted by atomic mass is 16.1. The van der Waals surface area contributed by atoms with Crippen molar-refractivity contribution in [1.82, 2.24) is 5.32 Å². The van der Waals surface area contributed by atoms with Crippen LogP contribution in [0.15, 0.2) is 30.3 Å². The molecule has 3 nitrogen and oxygen atoms in total. The second kappa shape index (κ2) is 5.40. The standard InChI is InChI=1S/C11H16N2O/c1-2-10(12)8-13-11(14)9-6-4-3-5-7-9/h3-7,10H,2,8,12H2,1H3,(H,13,14). The molecule has 14 heavy (non-hydrogen) atoms. The molecule has 0 aromatic heterocycles. The molecule has 1 rings (SSSR count).